The molecule has 1 aromatic heterocycles. The van der Waals surface area contributed by atoms with E-state index in [1.165, 1.54) is 24.0 Å². The number of carbonyl (C=O) groups excluding carboxylic acids is 3. The van der Waals surface area contributed by atoms with Crippen LogP contribution < -0.4 is 14.8 Å². The van der Waals surface area contributed by atoms with Gasteiger partial charge in [-0.1, -0.05) is 12.1 Å². The van der Waals surface area contributed by atoms with Gasteiger partial charge < -0.3 is 24.6 Å². The SMILES string of the molecule is CCN(C)C(=O)c1cccc(C(=O)NC[C@H]2CC(c3ccc(OC(F)F)c(OCC4CC4)c3)CN2C(C)=O)n1. The van der Waals surface area contributed by atoms with Crippen LogP contribution in [0.5, 0.6) is 11.5 Å². The van der Waals surface area contributed by atoms with Crippen molar-refractivity contribution < 1.29 is 32.6 Å². The number of likely N-dealkylation sites (tertiary alicyclic amines) is 1. The summed E-state index contributed by atoms with van der Waals surface area (Å²) in [5, 5.41) is 2.84. The smallest absolute Gasteiger partial charge is 0.387 e. The van der Waals surface area contributed by atoms with Crippen LogP contribution in [0.15, 0.2) is 36.4 Å². The summed E-state index contributed by atoms with van der Waals surface area (Å²) in [6.07, 6.45) is 2.67. The molecule has 1 aliphatic carbocycles. The monoisotopic (exact) mass is 544 g/mol. The first-order valence-electron chi connectivity index (χ1n) is 13.2. The van der Waals surface area contributed by atoms with Crippen molar-refractivity contribution in [3.8, 4) is 11.5 Å². The average Bonchev–Trinajstić information content (AvgIpc) is 3.66. The second-order valence-electron chi connectivity index (χ2n) is 10.0. The molecule has 2 fully saturated rings. The molecule has 210 valence electrons. The number of ether oxygens (including phenoxy) is 2. The maximum Gasteiger partial charge on any atom is 0.387 e. The minimum Gasteiger partial charge on any atom is -0.489 e. The number of nitrogens with zero attached hydrogens (tertiary/aromatic N) is 3. The Morgan fingerprint density at radius 1 is 1.15 bits per heavy atom. The van der Waals surface area contributed by atoms with E-state index in [2.05, 4.69) is 15.0 Å². The standard InChI is InChI=1S/C28H34F2N4O5/c1-4-33(3)27(37)23-7-5-6-22(32-23)26(36)31-14-21-12-20(15-34(21)17(2)35)19-10-11-24(39-28(29)30)25(13-19)38-16-18-8-9-18/h5-7,10-11,13,18,20-21,28H,4,8-9,12,14-16H2,1-3H3,(H,31,36)/t20?,21-/m1/s1. The molecule has 0 bridgehead atoms. The average molecular weight is 545 g/mol. The third-order valence-electron chi connectivity index (χ3n) is 7.17. The maximum absolute atomic E-state index is 12.9. The highest BCUT2D eigenvalue weighted by Crippen LogP contribution is 2.38. The molecule has 1 saturated carbocycles. The third-order valence-corrected chi connectivity index (χ3v) is 7.17. The summed E-state index contributed by atoms with van der Waals surface area (Å²) in [7, 11) is 1.66. The number of halogens is 2. The molecule has 1 unspecified atom stereocenters. The van der Waals surface area contributed by atoms with Gasteiger partial charge in [0.2, 0.25) is 5.91 Å². The van der Waals surface area contributed by atoms with Gasteiger partial charge in [-0.2, -0.15) is 8.78 Å². The predicted octanol–water partition coefficient (Wildman–Crippen LogP) is 3.70. The van der Waals surface area contributed by atoms with Crippen LogP contribution in [0.2, 0.25) is 0 Å². The number of amides is 3. The highest BCUT2D eigenvalue weighted by atomic mass is 19.3. The lowest BCUT2D eigenvalue weighted by atomic mass is 9.96. The Bertz CT molecular complexity index is 1210. The molecule has 2 atom stereocenters. The molecule has 2 heterocycles. The lowest BCUT2D eigenvalue weighted by molar-refractivity contribution is -0.129. The van der Waals surface area contributed by atoms with E-state index < -0.39 is 12.5 Å². The van der Waals surface area contributed by atoms with E-state index in [1.54, 1.807) is 36.2 Å². The zero-order valence-electron chi connectivity index (χ0n) is 22.4. The lowest BCUT2D eigenvalue weighted by Crippen LogP contribution is -2.42. The molecule has 9 nitrogen and oxygen atoms in total. The highest BCUT2D eigenvalue weighted by Gasteiger charge is 2.35. The number of pyridine rings is 1. The van der Waals surface area contributed by atoms with Gasteiger partial charge in [-0.25, -0.2) is 4.98 Å². The Hall–Kier alpha value is -3.76. The van der Waals surface area contributed by atoms with E-state index in [-0.39, 0.29) is 53.2 Å². The second kappa shape index (κ2) is 12.4. The summed E-state index contributed by atoms with van der Waals surface area (Å²) in [6.45, 7) is 1.92. The van der Waals surface area contributed by atoms with Crippen LogP contribution in [0.1, 0.15) is 65.6 Å². The van der Waals surface area contributed by atoms with Crippen molar-refractivity contribution >= 4 is 17.7 Å². The van der Waals surface area contributed by atoms with Crippen LogP contribution in [0.4, 0.5) is 8.78 Å². The van der Waals surface area contributed by atoms with Crippen LogP contribution in [0, 0.1) is 5.92 Å². The molecule has 1 aromatic carbocycles. The maximum atomic E-state index is 12.9. The van der Waals surface area contributed by atoms with Gasteiger partial charge in [0.25, 0.3) is 11.8 Å². The first kappa shape index (κ1) is 28.3. The molecule has 1 aliphatic heterocycles. The molecular weight excluding hydrogens is 510 g/mol. The number of benzene rings is 1. The molecular formula is C28H34F2N4O5. The third kappa shape index (κ3) is 7.21. The van der Waals surface area contributed by atoms with E-state index in [4.69, 9.17) is 4.74 Å². The van der Waals surface area contributed by atoms with Crippen LogP contribution in [0.25, 0.3) is 0 Å². The van der Waals surface area contributed by atoms with Gasteiger partial charge in [0.15, 0.2) is 11.5 Å². The van der Waals surface area contributed by atoms with Crippen molar-refractivity contribution in [2.24, 2.45) is 5.92 Å². The molecule has 2 aromatic rings. The van der Waals surface area contributed by atoms with E-state index in [9.17, 15) is 23.2 Å². The van der Waals surface area contributed by atoms with Crippen molar-refractivity contribution in [2.45, 2.75) is 51.7 Å². The van der Waals surface area contributed by atoms with Crippen LogP contribution >= 0.6 is 0 Å². The Balaban J connectivity index is 1.44. The van der Waals surface area contributed by atoms with Gasteiger partial charge in [0.05, 0.1) is 6.61 Å². The van der Waals surface area contributed by atoms with Gasteiger partial charge in [-0.05, 0) is 61.9 Å². The minimum atomic E-state index is -2.97. The zero-order chi connectivity index (χ0) is 28.1. The molecule has 0 radical (unpaired) electrons. The van der Waals surface area contributed by atoms with Crippen molar-refractivity contribution in [1.82, 2.24) is 20.1 Å². The summed E-state index contributed by atoms with van der Waals surface area (Å²) < 4.78 is 36.3. The van der Waals surface area contributed by atoms with Crippen LogP contribution in [-0.2, 0) is 4.79 Å². The number of carbonyl (C=O) groups is 3. The summed E-state index contributed by atoms with van der Waals surface area (Å²) >= 11 is 0. The molecule has 0 spiro atoms. The fourth-order valence-electron chi connectivity index (χ4n) is 4.63. The molecule has 39 heavy (non-hydrogen) atoms. The molecule has 3 amide bonds. The number of nitrogens with one attached hydrogen (secondary N) is 1. The van der Waals surface area contributed by atoms with Crippen molar-refractivity contribution in [1.29, 1.82) is 0 Å². The highest BCUT2D eigenvalue weighted by molar-refractivity contribution is 5.96. The van der Waals surface area contributed by atoms with E-state index >= 15 is 0 Å². The largest absolute Gasteiger partial charge is 0.489 e. The Morgan fingerprint density at radius 2 is 1.90 bits per heavy atom. The quantitative estimate of drug-likeness (QED) is 0.463. The lowest BCUT2D eigenvalue weighted by Gasteiger charge is -2.23. The fourth-order valence-corrected chi connectivity index (χ4v) is 4.63. The van der Waals surface area contributed by atoms with Gasteiger partial charge >= 0.3 is 6.61 Å². The van der Waals surface area contributed by atoms with Gasteiger partial charge in [-0.3, -0.25) is 14.4 Å². The topological polar surface area (TPSA) is 101 Å². The Morgan fingerprint density at radius 3 is 2.56 bits per heavy atom. The Kier molecular flexibility index (Phi) is 8.98. The summed E-state index contributed by atoms with van der Waals surface area (Å²) in [6, 6.07) is 9.33. The first-order valence-corrected chi connectivity index (χ1v) is 13.2. The summed E-state index contributed by atoms with van der Waals surface area (Å²) in [5.41, 5.74) is 1.13. The zero-order valence-corrected chi connectivity index (χ0v) is 22.4. The first-order chi connectivity index (χ1) is 18.7. The van der Waals surface area contributed by atoms with Crippen LogP contribution in [0.3, 0.4) is 0 Å². The molecule has 1 N–H and O–H groups in total. The fraction of sp³-hybridized carbons (Fsp3) is 0.500. The van der Waals surface area contributed by atoms with Gasteiger partial charge in [-0.15, -0.1) is 0 Å². The van der Waals surface area contributed by atoms with Crippen molar-refractivity contribution in [2.75, 3.05) is 33.3 Å². The van der Waals surface area contributed by atoms with Crippen molar-refractivity contribution in [3.63, 3.8) is 0 Å². The molecule has 4 rings (SSSR count). The number of rotatable bonds is 11. The number of aromatic nitrogens is 1. The molecule has 11 heteroatoms. The van der Waals surface area contributed by atoms with E-state index in [0.717, 1.165) is 18.4 Å². The molecule has 1 saturated heterocycles. The normalized spacial score (nSPS) is 18.7. The number of hydrogen-bond acceptors (Lipinski definition) is 6. The van der Waals surface area contributed by atoms with Gasteiger partial charge in [0.1, 0.15) is 11.4 Å². The summed E-state index contributed by atoms with van der Waals surface area (Å²) in [5.74, 6) is -0.255. The van der Waals surface area contributed by atoms with E-state index in [0.29, 0.717) is 32.0 Å². The minimum absolute atomic E-state index is 0.0158. The predicted molar refractivity (Wildman–Crippen MR) is 139 cm³/mol. The second-order valence-corrected chi connectivity index (χ2v) is 10.0. The van der Waals surface area contributed by atoms with Gasteiger partial charge in [0, 0.05) is 45.6 Å². The Labute approximate surface area is 226 Å². The number of alkyl halides is 2. The van der Waals surface area contributed by atoms with Crippen LogP contribution in [-0.4, -0.2) is 78.4 Å². The molecule has 2 aliphatic rings. The summed E-state index contributed by atoms with van der Waals surface area (Å²) in [4.78, 5) is 45.1. The van der Waals surface area contributed by atoms with E-state index in [1.807, 2.05) is 6.92 Å². The number of hydrogen-bond donors (Lipinski definition) is 1. The van der Waals surface area contributed by atoms with Crippen molar-refractivity contribution in [3.05, 3.63) is 53.3 Å².